The van der Waals surface area contributed by atoms with Gasteiger partial charge in [0.05, 0.1) is 29.5 Å². The normalized spacial score (nSPS) is 11.6. The van der Waals surface area contributed by atoms with Crippen molar-refractivity contribution in [2.75, 3.05) is 4.72 Å². The number of sulfonamides is 1. The quantitative estimate of drug-likeness (QED) is 0.372. The van der Waals surface area contributed by atoms with Crippen LogP contribution in [0.15, 0.2) is 81.2 Å². The second-order valence-electron chi connectivity index (χ2n) is 7.63. The lowest BCUT2D eigenvalue weighted by Gasteiger charge is -2.15. The third kappa shape index (κ3) is 4.08. The van der Waals surface area contributed by atoms with E-state index >= 15 is 0 Å². The minimum atomic E-state index is -3.98. The van der Waals surface area contributed by atoms with Crippen molar-refractivity contribution in [2.24, 2.45) is 0 Å². The van der Waals surface area contributed by atoms with Gasteiger partial charge in [-0.1, -0.05) is 34.6 Å². The summed E-state index contributed by atoms with van der Waals surface area (Å²) in [5.74, 6) is 0.555. The zero-order valence-electron chi connectivity index (χ0n) is 18.3. The molecule has 11 heteroatoms. The van der Waals surface area contributed by atoms with Crippen LogP contribution in [0.25, 0.3) is 22.6 Å². The first-order valence-corrected chi connectivity index (χ1v) is 11.8. The second-order valence-corrected chi connectivity index (χ2v) is 9.28. The third-order valence-electron chi connectivity index (χ3n) is 5.44. The Morgan fingerprint density at radius 1 is 1.06 bits per heavy atom. The van der Waals surface area contributed by atoms with Crippen LogP contribution in [0.5, 0.6) is 0 Å². The molecule has 172 valence electrons. The Hall–Kier alpha value is -4.25. The van der Waals surface area contributed by atoms with Crippen molar-refractivity contribution in [3.63, 3.8) is 0 Å². The molecule has 0 bridgehead atoms. The Morgan fingerprint density at radius 2 is 1.91 bits per heavy atom. The number of aryl methyl sites for hydroxylation is 1. The number of aromatic nitrogens is 5. The number of benzene rings is 2. The van der Waals surface area contributed by atoms with Crippen molar-refractivity contribution in [3.05, 3.63) is 84.1 Å². The van der Waals surface area contributed by atoms with Crippen molar-refractivity contribution in [3.8, 4) is 22.6 Å². The Kier molecular flexibility index (Phi) is 5.46. The zero-order valence-corrected chi connectivity index (χ0v) is 19.2. The molecule has 3 heterocycles. The predicted molar refractivity (Wildman–Crippen MR) is 123 cm³/mol. The molecule has 0 fully saturated rings. The summed E-state index contributed by atoms with van der Waals surface area (Å²) in [4.78, 5) is 4.32. The molecular formula is C23H20N6O4S. The largest absolute Gasteiger partial charge is 0.445 e. The van der Waals surface area contributed by atoms with Crippen LogP contribution >= 0.6 is 0 Å². The molecule has 0 aliphatic carbocycles. The number of nitrogens with one attached hydrogen (secondary N) is 1. The molecule has 5 rings (SSSR count). The maximum absolute atomic E-state index is 13.4. The minimum Gasteiger partial charge on any atom is -0.445 e. The van der Waals surface area contributed by atoms with Gasteiger partial charge >= 0.3 is 0 Å². The molecular weight excluding hydrogens is 456 g/mol. The van der Waals surface area contributed by atoms with Crippen LogP contribution < -0.4 is 4.72 Å². The molecule has 1 N–H and O–H groups in total. The van der Waals surface area contributed by atoms with Gasteiger partial charge in [0.25, 0.3) is 10.0 Å². The van der Waals surface area contributed by atoms with Gasteiger partial charge in [0.15, 0.2) is 0 Å². The van der Waals surface area contributed by atoms with Gasteiger partial charge in [-0.2, -0.15) is 0 Å². The number of oxazole rings is 1. The molecule has 0 aliphatic heterocycles. The number of anilines is 1. The lowest BCUT2D eigenvalue weighted by atomic mass is 9.97. The summed E-state index contributed by atoms with van der Waals surface area (Å²) >= 11 is 0. The maximum Gasteiger partial charge on any atom is 0.264 e. The SMILES string of the molecule is Cc1noc(NS(=O)(=O)c2ccccc2-c2ccc(-c3ncco3)cc2Cn2ccnn2)c1C. The summed E-state index contributed by atoms with van der Waals surface area (Å²) in [6.07, 6.45) is 6.39. The molecule has 5 aromatic rings. The average Bonchev–Trinajstić information content (AvgIpc) is 3.60. The van der Waals surface area contributed by atoms with E-state index in [2.05, 4.69) is 25.2 Å². The van der Waals surface area contributed by atoms with Crippen LogP contribution in [0.3, 0.4) is 0 Å². The predicted octanol–water partition coefficient (Wildman–Crippen LogP) is 4.05. The van der Waals surface area contributed by atoms with Crippen molar-refractivity contribution in [1.82, 2.24) is 25.1 Å². The van der Waals surface area contributed by atoms with E-state index in [0.29, 0.717) is 29.3 Å². The molecule has 0 amide bonds. The standard InChI is InChI=1S/C23H20N6O4S/c1-15-16(2)26-33-22(15)27-34(30,31)21-6-4-3-5-20(21)19-8-7-17(23-24-10-12-32-23)13-18(19)14-29-11-9-25-28-29/h3-13,27H,14H2,1-2H3. The highest BCUT2D eigenvalue weighted by Gasteiger charge is 2.24. The number of rotatable bonds is 7. The topological polar surface area (TPSA) is 129 Å². The summed E-state index contributed by atoms with van der Waals surface area (Å²) in [7, 11) is -3.98. The molecule has 0 radical (unpaired) electrons. The molecule has 3 aromatic heterocycles. The molecule has 0 saturated heterocycles. The molecule has 10 nitrogen and oxygen atoms in total. The number of hydrogen-bond donors (Lipinski definition) is 1. The first-order valence-electron chi connectivity index (χ1n) is 10.3. The monoisotopic (exact) mass is 476 g/mol. The fourth-order valence-electron chi connectivity index (χ4n) is 3.59. The first kappa shape index (κ1) is 21.6. The molecule has 0 spiro atoms. The van der Waals surface area contributed by atoms with E-state index in [1.54, 1.807) is 61.4 Å². The first-order chi connectivity index (χ1) is 16.4. The van der Waals surface area contributed by atoms with Gasteiger partial charge in [0, 0.05) is 22.9 Å². The summed E-state index contributed by atoms with van der Waals surface area (Å²) in [6, 6.07) is 12.4. The second kappa shape index (κ2) is 8.60. The van der Waals surface area contributed by atoms with E-state index in [-0.39, 0.29) is 10.8 Å². The Morgan fingerprint density at radius 3 is 2.62 bits per heavy atom. The van der Waals surface area contributed by atoms with E-state index < -0.39 is 10.0 Å². The van der Waals surface area contributed by atoms with E-state index in [4.69, 9.17) is 8.94 Å². The summed E-state index contributed by atoms with van der Waals surface area (Å²) in [6.45, 7) is 3.86. The van der Waals surface area contributed by atoms with Crippen LogP contribution in [0.1, 0.15) is 16.8 Å². The van der Waals surface area contributed by atoms with E-state index in [1.807, 2.05) is 18.2 Å². The zero-order chi connectivity index (χ0) is 23.7. The van der Waals surface area contributed by atoms with Gasteiger partial charge in [0.2, 0.25) is 11.8 Å². The van der Waals surface area contributed by atoms with Crippen LogP contribution in [-0.2, 0) is 16.6 Å². The lowest BCUT2D eigenvalue weighted by molar-refractivity contribution is 0.430. The van der Waals surface area contributed by atoms with Crippen molar-refractivity contribution >= 4 is 15.9 Å². The molecule has 0 saturated carbocycles. The summed E-state index contributed by atoms with van der Waals surface area (Å²) < 4.78 is 41.6. The van der Waals surface area contributed by atoms with E-state index in [1.165, 1.54) is 6.26 Å². The van der Waals surface area contributed by atoms with Gasteiger partial charge < -0.3 is 8.94 Å². The van der Waals surface area contributed by atoms with Crippen LogP contribution in [0, 0.1) is 13.8 Å². The van der Waals surface area contributed by atoms with E-state index in [9.17, 15) is 8.42 Å². The maximum atomic E-state index is 13.4. The third-order valence-corrected chi connectivity index (χ3v) is 6.83. The van der Waals surface area contributed by atoms with Crippen molar-refractivity contribution in [2.45, 2.75) is 25.3 Å². The highest BCUT2D eigenvalue weighted by atomic mass is 32.2. The average molecular weight is 477 g/mol. The van der Waals surface area contributed by atoms with Crippen LogP contribution in [-0.4, -0.2) is 33.6 Å². The van der Waals surface area contributed by atoms with E-state index in [0.717, 1.165) is 16.7 Å². The Bertz CT molecular complexity index is 1540. The summed E-state index contributed by atoms with van der Waals surface area (Å²) in [5, 5.41) is 11.8. The van der Waals surface area contributed by atoms with Gasteiger partial charge in [0.1, 0.15) is 6.26 Å². The van der Waals surface area contributed by atoms with Crippen molar-refractivity contribution < 1.29 is 17.4 Å². The molecule has 0 atom stereocenters. The van der Waals surface area contributed by atoms with Gasteiger partial charge in [-0.15, -0.1) is 5.10 Å². The van der Waals surface area contributed by atoms with Crippen LogP contribution in [0.2, 0.25) is 0 Å². The van der Waals surface area contributed by atoms with Gasteiger partial charge in [-0.05, 0) is 43.2 Å². The molecule has 0 aliphatic rings. The van der Waals surface area contributed by atoms with Crippen molar-refractivity contribution in [1.29, 1.82) is 0 Å². The molecule has 0 unspecified atom stereocenters. The molecule has 34 heavy (non-hydrogen) atoms. The van der Waals surface area contributed by atoms with Gasteiger partial charge in [-0.25, -0.2) is 22.8 Å². The Balaban J connectivity index is 1.62. The van der Waals surface area contributed by atoms with Gasteiger partial charge in [-0.3, -0.25) is 0 Å². The van der Waals surface area contributed by atoms with Crippen LogP contribution in [0.4, 0.5) is 5.88 Å². The smallest absolute Gasteiger partial charge is 0.264 e. The number of hydrogen-bond acceptors (Lipinski definition) is 8. The highest BCUT2D eigenvalue weighted by molar-refractivity contribution is 7.92. The molecule has 2 aromatic carbocycles. The number of nitrogens with zero attached hydrogens (tertiary/aromatic N) is 5. The Labute approximate surface area is 195 Å². The summed E-state index contributed by atoms with van der Waals surface area (Å²) in [5.41, 5.74) is 4.06. The fraction of sp³-hybridized carbons (Fsp3) is 0.130. The minimum absolute atomic E-state index is 0.0920. The fourth-order valence-corrected chi connectivity index (χ4v) is 4.86. The lowest BCUT2D eigenvalue weighted by Crippen LogP contribution is -2.14. The highest BCUT2D eigenvalue weighted by Crippen LogP contribution is 2.34.